The highest BCUT2D eigenvalue weighted by Gasteiger charge is 2.17. The molecule has 0 radical (unpaired) electrons. The van der Waals surface area contributed by atoms with Crippen molar-refractivity contribution >= 4 is 53.4 Å². The maximum absolute atomic E-state index is 12.4. The number of hydrogen-bond donors (Lipinski definition) is 2. The lowest BCUT2D eigenvalue weighted by Gasteiger charge is -2.12. The number of benzene rings is 1. The largest absolute Gasteiger partial charge is 0.373 e. The highest BCUT2D eigenvalue weighted by molar-refractivity contribution is 9.11. The molecular weight excluding hydrogens is 410 g/mol. The van der Waals surface area contributed by atoms with Crippen LogP contribution in [0.15, 0.2) is 50.4 Å². The Morgan fingerprint density at radius 1 is 1.15 bits per heavy atom. The van der Waals surface area contributed by atoms with E-state index in [0.717, 1.165) is 0 Å². The Balaban J connectivity index is 2.41. The van der Waals surface area contributed by atoms with Gasteiger partial charge in [0.25, 0.3) is 10.0 Å². The van der Waals surface area contributed by atoms with Crippen molar-refractivity contribution in [3.8, 4) is 0 Å². The summed E-state index contributed by atoms with van der Waals surface area (Å²) in [5.74, 6) is 0.485. The van der Waals surface area contributed by atoms with Gasteiger partial charge in [0, 0.05) is 28.3 Å². The first-order valence-corrected chi connectivity index (χ1v) is 8.61. The quantitative estimate of drug-likeness (QED) is 0.794. The molecule has 0 spiro atoms. The van der Waals surface area contributed by atoms with Gasteiger partial charge < -0.3 is 5.32 Å². The second-order valence-corrected chi connectivity index (χ2v) is 7.22. The minimum Gasteiger partial charge on any atom is -0.373 e. The van der Waals surface area contributed by atoms with Crippen LogP contribution >= 0.6 is 31.9 Å². The molecule has 0 unspecified atom stereocenters. The second kappa shape index (κ2) is 6.11. The van der Waals surface area contributed by atoms with Crippen LogP contribution in [0.2, 0.25) is 0 Å². The van der Waals surface area contributed by atoms with E-state index in [1.165, 1.54) is 18.3 Å². The van der Waals surface area contributed by atoms with E-state index < -0.39 is 10.0 Å². The van der Waals surface area contributed by atoms with E-state index in [4.69, 9.17) is 0 Å². The van der Waals surface area contributed by atoms with Gasteiger partial charge in [-0.3, -0.25) is 4.72 Å². The van der Waals surface area contributed by atoms with Gasteiger partial charge in [-0.1, -0.05) is 6.07 Å². The summed E-state index contributed by atoms with van der Waals surface area (Å²) in [5.41, 5.74) is 0.454. The third kappa shape index (κ3) is 3.31. The number of anilines is 2. The van der Waals surface area contributed by atoms with Crippen LogP contribution < -0.4 is 10.0 Å². The zero-order valence-corrected chi connectivity index (χ0v) is 14.4. The Morgan fingerprint density at radius 3 is 2.40 bits per heavy atom. The monoisotopic (exact) mass is 419 g/mol. The first-order valence-electron chi connectivity index (χ1n) is 5.54. The predicted molar refractivity (Wildman–Crippen MR) is 86.4 cm³/mol. The van der Waals surface area contributed by atoms with E-state index in [9.17, 15) is 8.42 Å². The molecule has 20 heavy (non-hydrogen) atoms. The molecule has 2 rings (SSSR count). The van der Waals surface area contributed by atoms with E-state index in [-0.39, 0.29) is 4.90 Å². The summed E-state index contributed by atoms with van der Waals surface area (Å²) in [4.78, 5) is 4.13. The smallest absolute Gasteiger partial charge is 0.262 e. The Kier molecular flexibility index (Phi) is 4.66. The van der Waals surface area contributed by atoms with E-state index >= 15 is 0 Å². The summed E-state index contributed by atoms with van der Waals surface area (Å²) in [6.45, 7) is 0. The van der Waals surface area contributed by atoms with Gasteiger partial charge >= 0.3 is 0 Å². The summed E-state index contributed by atoms with van der Waals surface area (Å²) < 4.78 is 28.6. The molecule has 0 atom stereocenters. The Hall–Kier alpha value is -1.12. The standard InChI is InChI=1S/C12H11Br2N3O2S/c1-15-11-7-8(5-6-16-11)20(18,19)17-12-9(13)3-2-4-10(12)14/h2-7,17H,1H3,(H,15,16). The molecule has 1 aromatic carbocycles. The zero-order valence-electron chi connectivity index (χ0n) is 10.4. The summed E-state index contributed by atoms with van der Waals surface area (Å²) >= 11 is 6.64. The van der Waals surface area contributed by atoms with Gasteiger partial charge in [0.05, 0.1) is 10.6 Å². The molecule has 0 saturated carbocycles. The number of aromatic nitrogens is 1. The van der Waals surface area contributed by atoms with Crippen LogP contribution in [0.25, 0.3) is 0 Å². The number of halogens is 2. The molecule has 8 heteroatoms. The molecule has 0 amide bonds. The average molecular weight is 421 g/mol. The fourth-order valence-electron chi connectivity index (χ4n) is 1.50. The van der Waals surface area contributed by atoms with E-state index in [2.05, 4.69) is 46.9 Å². The number of nitrogens with zero attached hydrogens (tertiary/aromatic N) is 1. The molecule has 0 saturated heterocycles. The Labute approximate surface area is 134 Å². The van der Waals surface area contributed by atoms with Crippen LogP contribution in [0.5, 0.6) is 0 Å². The third-order valence-electron chi connectivity index (χ3n) is 2.50. The van der Waals surface area contributed by atoms with Crippen LogP contribution in [0.4, 0.5) is 11.5 Å². The number of para-hydroxylation sites is 1. The molecule has 106 valence electrons. The first kappa shape index (κ1) is 15.3. The van der Waals surface area contributed by atoms with Crippen molar-refractivity contribution in [2.45, 2.75) is 4.90 Å². The molecular formula is C12H11Br2N3O2S. The van der Waals surface area contributed by atoms with Crippen molar-refractivity contribution in [2.75, 3.05) is 17.1 Å². The van der Waals surface area contributed by atoms with E-state index in [0.29, 0.717) is 20.5 Å². The number of nitrogens with one attached hydrogen (secondary N) is 2. The summed E-state index contributed by atoms with van der Waals surface area (Å²) in [5, 5.41) is 2.80. The van der Waals surface area contributed by atoms with Gasteiger partial charge in [0.2, 0.25) is 0 Å². The molecule has 1 aromatic heterocycles. The van der Waals surface area contributed by atoms with Crippen molar-refractivity contribution < 1.29 is 8.42 Å². The highest BCUT2D eigenvalue weighted by Crippen LogP contribution is 2.32. The van der Waals surface area contributed by atoms with Gasteiger partial charge in [-0.15, -0.1) is 0 Å². The molecule has 2 N–H and O–H groups in total. The lowest BCUT2D eigenvalue weighted by atomic mass is 10.3. The molecule has 0 fully saturated rings. The lowest BCUT2D eigenvalue weighted by molar-refractivity contribution is 0.601. The first-order chi connectivity index (χ1) is 9.44. The summed E-state index contributed by atoms with van der Waals surface area (Å²) in [7, 11) is -2.00. The van der Waals surface area contributed by atoms with Crippen LogP contribution in [0, 0.1) is 0 Å². The second-order valence-electron chi connectivity index (χ2n) is 3.83. The highest BCUT2D eigenvalue weighted by atomic mass is 79.9. The van der Waals surface area contributed by atoms with Gasteiger partial charge in [-0.05, 0) is 50.1 Å². The van der Waals surface area contributed by atoms with Crippen LogP contribution in [0.1, 0.15) is 0 Å². The van der Waals surface area contributed by atoms with Crippen molar-refractivity contribution in [3.63, 3.8) is 0 Å². The Morgan fingerprint density at radius 2 is 1.80 bits per heavy atom. The van der Waals surface area contributed by atoms with Crippen LogP contribution in [0.3, 0.4) is 0 Å². The minimum absolute atomic E-state index is 0.138. The molecule has 0 aliphatic heterocycles. The van der Waals surface area contributed by atoms with Crippen LogP contribution in [-0.4, -0.2) is 20.4 Å². The van der Waals surface area contributed by atoms with Crippen molar-refractivity contribution in [1.29, 1.82) is 0 Å². The fraction of sp³-hybridized carbons (Fsp3) is 0.0833. The number of pyridine rings is 1. The molecule has 0 aliphatic rings. The maximum Gasteiger partial charge on any atom is 0.262 e. The topological polar surface area (TPSA) is 71.1 Å². The van der Waals surface area contributed by atoms with Gasteiger partial charge in [-0.25, -0.2) is 13.4 Å². The number of sulfonamides is 1. The van der Waals surface area contributed by atoms with Crippen LogP contribution in [-0.2, 0) is 10.0 Å². The summed E-state index contributed by atoms with van der Waals surface area (Å²) in [6.07, 6.45) is 1.44. The maximum atomic E-state index is 12.4. The summed E-state index contributed by atoms with van der Waals surface area (Å²) in [6, 6.07) is 8.22. The molecule has 2 aromatic rings. The molecule has 1 heterocycles. The number of hydrogen-bond acceptors (Lipinski definition) is 4. The SMILES string of the molecule is CNc1cc(S(=O)(=O)Nc2c(Br)cccc2Br)ccn1. The zero-order chi connectivity index (χ0) is 14.8. The van der Waals surface area contributed by atoms with Gasteiger partial charge in [0.1, 0.15) is 5.82 Å². The fourth-order valence-corrected chi connectivity index (χ4v) is 4.08. The van der Waals surface area contributed by atoms with E-state index in [1.807, 2.05) is 0 Å². The predicted octanol–water partition coefficient (Wildman–Crippen LogP) is 3.45. The minimum atomic E-state index is -3.68. The van der Waals surface area contributed by atoms with Gasteiger partial charge in [-0.2, -0.15) is 0 Å². The van der Waals surface area contributed by atoms with E-state index in [1.54, 1.807) is 25.2 Å². The molecule has 5 nitrogen and oxygen atoms in total. The third-order valence-corrected chi connectivity index (χ3v) is 5.17. The van der Waals surface area contributed by atoms with Gasteiger partial charge in [0.15, 0.2) is 0 Å². The average Bonchev–Trinajstić information content (AvgIpc) is 2.43. The normalized spacial score (nSPS) is 11.2. The van der Waals surface area contributed by atoms with Crippen molar-refractivity contribution in [3.05, 3.63) is 45.5 Å². The number of rotatable bonds is 4. The Bertz CT molecular complexity index is 715. The van der Waals surface area contributed by atoms with Crippen molar-refractivity contribution in [2.24, 2.45) is 0 Å². The lowest BCUT2D eigenvalue weighted by Crippen LogP contribution is -2.14. The molecule has 0 aliphatic carbocycles. The van der Waals surface area contributed by atoms with Crippen molar-refractivity contribution in [1.82, 2.24) is 4.98 Å². The molecule has 0 bridgehead atoms.